The molecule has 1 N–H and O–H groups in total. The van der Waals surface area contributed by atoms with E-state index in [0.717, 1.165) is 0 Å². The number of amides is 1. The predicted octanol–water partition coefficient (Wildman–Crippen LogP) is 3.95. The molecule has 3 atom stereocenters. The average molecular weight is 407 g/mol. The summed E-state index contributed by atoms with van der Waals surface area (Å²) in [5.41, 5.74) is -2.68. The molecule has 1 amide bonds. The molecule has 2 rings (SSSR count). The van der Waals surface area contributed by atoms with Gasteiger partial charge in [0.1, 0.15) is 17.5 Å². The summed E-state index contributed by atoms with van der Waals surface area (Å²) in [6.07, 6.45) is -0.125. The van der Waals surface area contributed by atoms with Crippen LogP contribution in [0, 0.1) is 16.6 Å². The molecule has 6 nitrogen and oxygen atoms in total. The molecule has 0 bridgehead atoms. The van der Waals surface area contributed by atoms with Gasteiger partial charge in [0.25, 0.3) is 0 Å². The van der Waals surface area contributed by atoms with Crippen LogP contribution in [0.4, 0.5) is 4.39 Å². The van der Waals surface area contributed by atoms with E-state index < -0.39 is 52.2 Å². The van der Waals surface area contributed by atoms with E-state index in [2.05, 4.69) is 0 Å². The third-order valence-corrected chi connectivity index (χ3v) is 5.03. The molecular weight excluding hydrogens is 377 g/mol. The Morgan fingerprint density at radius 1 is 1.17 bits per heavy atom. The van der Waals surface area contributed by atoms with Crippen molar-refractivity contribution in [3.8, 4) is 0 Å². The van der Waals surface area contributed by atoms with Crippen LogP contribution in [0.5, 0.6) is 0 Å². The number of hydrogen-bond donors (Lipinski definition) is 1. The van der Waals surface area contributed by atoms with Crippen LogP contribution in [0.3, 0.4) is 0 Å². The number of aliphatic carboxylic acids is 1. The second kappa shape index (κ2) is 7.43. The van der Waals surface area contributed by atoms with E-state index >= 15 is 0 Å². The molecule has 160 valence electrons. The number of hydrogen-bond acceptors (Lipinski definition) is 4. The van der Waals surface area contributed by atoms with Gasteiger partial charge in [-0.15, -0.1) is 0 Å². The highest BCUT2D eigenvalue weighted by Crippen LogP contribution is 2.52. The standard InChI is InChI=1S/C22H30FNO5/c1-20(2,3)18(27)24-15(17(25)26)12-22(7,19(28)29-21(4,5)6)16(24)13-9-8-10-14(23)11-13/h8-11,15-16H,12H2,1-7H3,(H,25,26)/t15-,16-,22-/m0/s1. The van der Waals surface area contributed by atoms with Crippen LogP contribution in [-0.2, 0) is 19.1 Å². The maximum atomic E-state index is 14.0. The summed E-state index contributed by atoms with van der Waals surface area (Å²) in [5.74, 6) is -2.78. The number of carboxylic acid groups (broad SMARTS) is 1. The Labute approximate surface area is 171 Å². The fourth-order valence-electron chi connectivity index (χ4n) is 3.75. The summed E-state index contributed by atoms with van der Waals surface area (Å²) in [6, 6.07) is 3.37. The minimum atomic E-state index is -1.36. The van der Waals surface area contributed by atoms with Gasteiger partial charge in [0.2, 0.25) is 5.91 Å². The Balaban J connectivity index is 2.70. The minimum Gasteiger partial charge on any atom is -0.480 e. The van der Waals surface area contributed by atoms with E-state index in [1.807, 2.05) is 0 Å². The lowest BCUT2D eigenvalue weighted by Crippen LogP contribution is -2.48. The summed E-state index contributed by atoms with van der Waals surface area (Å²) < 4.78 is 19.6. The van der Waals surface area contributed by atoms with Crippen molar-refractivity contribution in [2.75, 3.05) is 0 Å². The first-order valence-corrected chi connectivity index (χ1v) is 9.62. The Morgan fingerprint density at radius 2 is 1.76 bits per heavy atom. The second-order valence-electron chi connectivity index (χ2n) is 9.90. The molecule has 1 aromatic carbocycles. The molecule has 1 aromatic rings. The first-order valence-electron chi connectivity index (χ1n) is 9.62. The largest absolute Gasteiger partial charge is 0.480 e. The molecule has 1 fully saturated rings. The fraction of sp³-hybridized carbons (Fsp3) is 0.591. The van der Waals surface area contributed by atoms with Crippen molar-refractivity contribution in [2.24, 2.45) is 10.8 Å². The van der Waals surface area contributed by atoms with E-state index in [1.165, 1.54) is 23.1 Å². The Bertz CT molecular complexity index is 823. The number of nitrogens with zero attached hydrogens (tertiary/aromatic N) is 1. The first-order chi connectivity index (χ1) is 13.1. The van der Waals surface area contributed by atoms with Crippen LogP contribution >= 0.6 is 0 Å². The van der Waals surface area contributed by atoms with Crippen molar-refractivity contribution in [2.45, 2.75) is 72.6 Å². The third-order valence-electron chi connectivity index (χ3n) is 5.03. The molecule has 0 unspecified atom stereocenters. The molecule has 1 saturated heterocycles. The van der Waals surface area contributed by atoms with Crippen LogP contribution in [0.25, 0.3) is 0 Å². The van der Waals surface area contributed by atoms with Gasteiger partial charge in [-0.2, -0.15) is 0 Å². The van der Waals surface area contributed by atoms with Gasteiger partial charge in [-0.3, -0.25) is 9.59 Å². The van der Waals surface area contributed by atoms with Crippen molar-refractivity contribution in [1.29, 1.82) is 0 Å². The van der Waals surface area contributed by atoms with Gasteiger partial charge in [-0.1, -0.05) is 32.9 Å². The van der Waals surface area contributed by atoms with Crippen LogP contribution in [0.1, 0.15) is 66.5 Å². The van der Waals surface area contributed by atoms with E-state index in [4.69, 9.17) is 4.74 Å². The topological polar surface area (TPSA) is 83.9 Å². The van der Waals surface area contributed by atoms with Gasteiger partial charge in [0, 0.05) is 5.41 Å². The number of benzene rings is 1. The smallest absolute Gasteiger partial charge is 0.326 e. The number of carbonyl (C=O) groups is 3. The maximum Gasteiger partial charge on any atom is 0.326 e. The highest BCUT2D eigenvalue weighted by molar-refractivity contribution is 5.91. The van der Waals surface area contributed by atoms with Gasteiger partial charge in [-0.05, 0) is 51.8 Å². The van der Waals surface area contributed by atoms with Crippen LogP contribution < -0.4 is 0 Å². The highest BCUT2D eigenvalue weighted by Gasteiger charge is 2.60. The summed E-state index contributed by atoms with van der Waals surface area (Å²) >= 11 is 0. The highest BCUT2D eigenvalue weighted by atomic mass is 19.1. The average Bonchev–Trinajstić information content (AvgIpc) is 2.86. The zero-order valence-corrected chi connectivity index (χ0v) is 18.1. The van der Waals surface area contributed by atoms with E-state index in [9.17, 15) is 23.9 Å². The summed E-state index contributed by atoms with van der Waals surface area (Å²) in [6.45, 7) is 11.8. The van der Waals surface area contributed by atoms with Gasteiger partial charge in [0.15, 0.2) is 0 Å². The lowest BCUT2D eigenvalue weighted by molar-refractivity contribution is -0.169. The van der Waals surface area contributed by atoms with Crippen molar-refractivity contribution in [1.82, 2.24) is 4.90 Å². The quantitative estimate of drug-likeness (QED) is 0.767. The van der Waals surface area contributed by atoms with Gasteiger partial charge >= 0.3 is 11.9 Å². The Hall–Kier alpha value is -2.44. The van der Waals surface area contributed by atoms with E-state index in [-0.39, 0.29) is 6.42 Å². The van der Waals surface area contributed by atoms with Crippen molar-refractivity contribution in [3.05, 3.63) is 35.6 Å². The number of carboxylic acids is 1. The maximum absolute atomic E-state index is 14.0. The predicted molar refractivity (Wildman–Crippen MR) is 105 cm³/mol. The molecule has 1 heterocycles. The van der Waals surface area contributed by atoms with Gasteiger partial charge < -0.3 is 14.7 Å². The molecule has 0 saturated carbocycles. The number of halogens is 1. The molecule has 0 aromatic heterocycles. The second-order valence-corrected chi connectivity index (χ2v) is 9.90. The monoisotopic (exact) mass is 407 g/mol. The molecule has 0 radical (unpaired) electrons. The molecule has 0 aliphatic carbocycles. The zero-order chi connectivity index (χ0) is 22.4. The number of ether oxygens (including phenoxy) is 1. The van der Waals surface area contributed by atoms with E-state index in [1.54, 1.807) is 54.5 Å². The lowest BCUT2D eigenvalue weighted by atomic mass is 9.77. The fourth-order valence-corrected chi connectivity index (χ4v) is 3.75. The van der Waals surface area contributed by atoms with Crippen molar-refractivity contribution >= 4 is 17.8 Å². The normalized spacial score (nSPS) is 25.0. The number of likely N-dealkylation sites (tertiary alicyclic amines) is 1. The van der Waals surface area contributed by atoms with E-state index in [0.29, 0.717) is 5.56 Å². The molecule has 0 spiro atoms. The summed E-state index contributed by atoms with van der Waals surface area (Å²) in [7, 11) is 0. The Morgan fingerprint density at radius 3 is 2.21 bits per heavy atom. The number of rotatable bonds is 3. The number of carbonyl (C=O) groups excluding carboxylic acids is 2. The third kappa shape index (κ3) is 4.60. The van der Waals surface area contributed by atoms with Gasteiger partial charge in [-0.25, -0.2) is 9.18 Å². The zero-order valence-electron chi connectivity index (χ0n) is 18.1. The van der Waals surface area contributed by atoms with Crippen molar-refractivity contribution in [3.63, 3.8) is 0 Å². The molecule has 7 heteroatoms. The first kappa shape index (κ1) is 22.8. The van der Waals surface area contributed by atoms with Crippen LogP contribution in [0.15, 0.2) is 24.3 Å². The van der Waals surface area contributed by atoms with Gasteiger partial charge in [0.05, 0.1) is 11.5 Å². The molecule has 29 heavy (non-hydrogen) atoms. The SMILES string of the molecule is CC(C)(C)OC(=O)[C@@]1(C)C[C@@H](C(=O)O)N(C(=O)C(C)(C)C)[C@H]1c1cccc(F)c1. The van der Waals surface area contributed by atoms with Crippen molar-refractivity contribution < 1.29 is 28.6 Å². The summed E-state index contributed by atoms with van der Waals surface area (Å²) in [5, 5.41) is 9.84. The Kier molecular flexibility index (Phi) is 5.85. The van der Waals surface area contributed by atoms with Crippen LogP contribution in [0.2, 0.25) is 0 Å². The molecule has 1 aliphatic heterocycles. The minimum absolute atomic E-state index is 0.125. The van der Waals surface area contributed by atoms with Crippen LogP contribution in [-0.4, -0.2) is 39.5 Å². The summed E-state index contributed by atoms with van der Waals surface area (Å²) in [4.78, 5) is 39.7. The number of esters is 1. The molecular formula is C22H30FNO5. The molecule has 1 aliphatic rings. The lowest BCUT2D eigenvalue weighted by Gasteiger charge is -2.38.